The minimum absolute atomic E-state index is 0.00492. The maximum atomic E-state index is 12.1. The van der Waals surface area contributed by atoms with E-state index in [-0.39, 0.29) is 5.97 Å². The van der Waals surface area contributed by atoms with Crippen molar-refractivity contribution in [3.05, 3.63) is 35.9 Å². The first kappa shape index (κ1) is 21.8. The normalized spacial score (nSPS) is 29.4. The fraction of sp³-hybridized carbons (Fsp3) is 0.731. The molecule has 4 nitrogen and oxygen atoms in total. The molecule has 166 valence electrons. The van der Waals surface area contributed by atoms with E-state index in [1.165, 1.54) is 50.9 Å². The third kappa shape index (κ3) is 5.26. The van der Waals surface area contributed by atoms with Crippen molar-refractivity contribution in [2.75, 3.05) is 26.2 Å². The van der Waals surface area contributed by atoms with Gasteiger partial charge in [-0.25, -0.2) is 0 Å². The number of hydrogen-bond donors (Lipinski definition) is 0. The number of carbonyl (C=O) groups is 1. The van der Waals surface area contributed by atoms with Crippen molar-refractivity contribution < 1.29 is 9.53 Å². The maximum absolute atomic E-state index is 12.1. The van der Waals surface area contributed by atoms with Gasteiger partial charge in [-0.15, -0.1) is 0 Å². The lowest BCUT2D eigenvalue weighted by Crippen LogP contribution is -2.64. The highest BCUT2D eigenvalue weighted by Crippen LogP contribution is 2.43. The van der Waals surface area contributed by atoms with Crippen LogP contribution in [0, 0.1) is 11.8 Å². The van der Waals surface area contributed by atoms with Crippen molar-refractivity contribution in [3.8, 4) is 0 Å². The van der Waals surface area contributed by atoms with Crippen molar-refractivity contribution in [1.29, 1.82) is 0 Å². The van der Waals surface area contributed by atoms with E-state index in [1.807, 2.05) is 0 Å². The Hall–Kier alpha value is -1.39. The average molecular weight is 413 g/mol. The molecule has 3 saturated heterocycles. The van der Waals surface area contributed by atoms with Gasteiger partial charge in [0.15, 0.2) is 0 Å². The molecule has 1 aromatic rings. The number of benzene rings is 1. The quantitative estimate of drug-likeness (QED) is 0.428. The van der Waals surface area contributed by atoms with Crippen LogP contribution in [-0.4, -0.2) is 54.1 Å². The Labute approximate surface area is 183 Å². The Kier molecular flexibility index (Phi) is 7.83. The molecule has 0 amide bonds. The molecule has 3 heterocycles. The average Bonchev–Trinajstić information content (AvgIpc) is 2.77. The fourth-order valence-corrected chi connectivity index (χ4v) is 6.34. The zero-order chi connectivity index (χ0) is 20.8. The van der Waals surface area contributed by atoms with Crippen molar-refractivity contribution in [2.45, 2.75) is 83.3 Å². The molecule has 1 aromatic carbocycles. The number of likely N-dealkylation sites (tertiary alicyclic amines) is 1. The molecule has 0 saturated carbocycles. The first-order valence-corrected chi connectivity index (χ1v) is 12.4. The van der Waals surface area contributed by atoms with E-state index in [4.69, 9.17) is 4.74 Å². The van der Waals surface area contributed by atoms with Crippen LogP contribution in [0.5, 0.6) is 0 Å². The molecule has 0 radical (unpaired) electrons. The first-order chi connectivity index (χ1) is 14.8. The van der Waals surface area contributed by atoms with Crippen molar-refractivity contribution in [2.24, 2.45) is 11.8 Å². The zero-order valence-electron chi connectivity index (χ0n) is 18.8. The molecule has 4 rings (SSSR count). The second kappa shape index (κ2) is 10.8. The number of rotatable bonds is 9. The lowest BCUT2D eigenvalue weighted by Gasteiger charge is -2.57. The molecule has 0 spiro atoms. The molecule has 30 heavy (non-hydrogen) atoms. The number of unbranched alkanes of at least 4 members (excludes halogenated alkanes) is 1. The number of piperidine rings is 3. The van der Waals surface area contributed by atoms with Gasteiger partial charge in [-0.05, 0) is 75.4 Å². The van der Waals surface area contributed by atoms with Crippen LogP contribution in [0.25, 0.3) is 0 Å². The van der Waals surface area contributed by atoms with Gasteiger partial charge in [0.25, 0.3) is 0 Å². The molecule has 0 N–H and O–H groups in total. The Morgan fingerprint density at radius 3 is 2.70 bits per heavy atom. The predicted octanol–water partition coefficient (Wildman–Crippen LogP) is 4.88. The lowest BCUT2D eigenvalue weighted by atomic mass is 9.69. The Bertz CT molecular complexity index is 662. The standard InChI is InChI=1S/C26H40N2O2/c1-2-3-18-30-25(29)15-7-14-24-23-13-9-17-27-16-8-12-22(26(23)27)20-28(24)19-21-10-5-4-6-11-21/h4-6,10-11,22-24,26H,2-3,7-9,12-20H2,1H3/t22-,23+,24+,26-/m0/s1. The summed E-state index contributed by atoms with van der Waals surface area (Å²) in [6, 6.07) is 12.3. The van der Waals surface area contributed by atoms with Crippen LogP contribution in [0.2, 0.25) is 0 Å². The molecule has 0 unspecified atom stereocenters. The first-order valence-electron chi connectivity index (χ1n) is 12.4. The second-order valence-electron chi connectivity index (χ2n) is 9.68. The zero-order valence-corrected chi connectivity index (χ0v) is 18.8. The van der Waals surface area contributed by atoms with Gasteiger partial charge in [0.1, 0.15) is 0 Å². The number of hydrogen-bond acceptors (Lipinski definition) is 4. The van der Waals surface area contributed by atoms with Gasteiger partial charge in [-0.2, -0.15) is 0 Å². The van der Waals surface area contributed by atoms with E-state index in [0.717, 1.165) is 50.1 Å². The monoisotopic (exact) mass is 412 g/mol. The van der Waals surface area contributed by atoms with Gasteiger partial charge < -0.3 is 4.74 Å². The molecule has 4 heteroatoms. The third-order valence-electron chi connectivity index (χ3n) is 7.65. The van der Waals surface area contributed by atoms with Gasteiger partial charge in [-0.1, -0.05) is 43.7 Å². The van der Waals surface area contributed by atoms with Crippen LogP contribution in [0.4, 0.5) is 0 Å². The van der Waals surface area contributed by atoms with Gasteiger partial charge in [0.05, 0.1) is 6.61 Å². The summed E-state index contributed by atoms with van der Waals surface area (Å²) in [5.74, 6) is 1.58. The molecule has 0 aliphatic carbocycles. The molecule has 0 bridgehead atoms. The number of nitrogens with zero attached hydrogens (tertiary/aromatic N) is 2. The van der Waals surface area contributed by atoms with Crippen LogP contribution >= 0.6 is 0 Å². The van der Waals surface area contributed by atoms with Gasteiger partial charge >= 0.3 is 5.97 Å². The summed E-state index contributed by atoms with van der Waals surface area (Å²) in [5.41, 5.74) is 1.42. The van der Waals surface area contributed by atoms with Crippen LogP contribution < -0.4 is 0 Å². The summed E-state index contributed by atoms with van der Waals surface area (Å²) in [5, 5.41) is 0. The molecule has 3 fully saturated rings. The molecular formula is C26H40N2O2. The molecule has 3 aliphatic heterocycles. The van der Waals surface area contributed by atoms with E-state index in [1.54, 1.807) is 0 Å². The molecular weight excluding hydrogens is 372 g/mol. The highest BCUT2D eigenvalue weighted by molar-refractivity contribution is 5.69. The molecule has 3 aliphatic rings. The minimum Gasteiger partial charge on any atom is -0.466 e. The smallest absolute Gasteiger partial charge is 0.305 e. The van der Waals surface area contributed by atoms with Crippen molar-refractivity contribution >= 4 is 5.97 Å². The summed E-state index contributed by atoms with van der Waals surface area (Å²) < 4.78 is 5.40. The number of esters is 1. The number of carbonyl (C=O) groups excluding carboxylic acids is 1. The van der Waals surface area contributed by atoms with Crippen molar-refractivity contribution in [3.63, 3.8) is 0 Å². The molecule has 4 atom stereocenters. The largest absolute Gasteiger partial charge is 0.466 e. The summed E-state index contributed by atoms with van der Waals surface area (Å²) >= 11 is 0. The SMILES string of the molecule is CCCCOC(=O)CCC[C@@H]1[C@H]2CCCN3CCC[C@@H](CN1Cc1ccccc1)[C@@H]23. The highest BCUT2D eigenvalue weighted by Gasteiger charge is 2.48. The Morgan fingerprint density at radius 2 is 1.90 bits per heavy atom. The van der Waals surface area contributed by atoms with Crippen LogP contribution in [0.1, 0.15) is 70.3 Å². The van der Waals surface area contributed by atoms with Gasteiger partial charge in [0.2, 0.25) is 0 Å². The number of ether oxygens (including phenoxy) is 1. The van der Waals surface area contributed by atoms with E-state index in [9.17, 15) is 4.79 Å². The van der Waals surface area contributed by atoms with Crippen LogP contribution in [-0.2, 0) is 16.1 Å². The predicted molar refractivity (Wildman–Crippen MR) is 121 cm³/mol. The van der Waals surface area contributed by atoms with E-state index in [2.05, 4.69) is 47.1 Å². The van der Waals surface area contributed by atoms with E-state index < -0.39 is 0 Å². The summed E-state index contributed by atoms with van der Waals surface area (Å²) in [6.07, 6.45) is 10.1. The molecule has 0 aromatic heterocycles. The Balaban J connectivity index is 1.42. The second-order valence-corrected chi connectivity index (χ2v) is 9.68. The summed E-state index contributed by atoms with van der Waals surface area (Å²) in [4.78, 5) is 17.7. The third-order valence-corrected chi connectivity index (χ3v) is 7.65. The fourth-order valence-electron chi connectivity index (χ4n) is 6.34. The summed E-state index contributed by atoms with van der Waals surface area (Å²) in [7, 11) is 0. The van der Waals surface area contributed by atoms with Gasteiger partial charge in [-0.3, -0.25) is 14.6 Å². The summed E-state index contributed by atoms with van der Waals surface area (Å²) in [6.45, 7) is 7.58. The highest BCUT2D eigenvalue weighted by atomic mass is 16.5. The van der Waals surface area contributed by atoms with Crippen molar-refractivity contribution in [1.82, 2.24) is 9.80 Å². The van der Waals surface area contributed by atoms with E-state index in [0.29, 0.717) is 19.1 Å². The van der Waals surface area contributed by atoms with Crippen LogP contribution in [0.15, 0.2) is 30.3 Å². The topological polar surface area (TPSA) is 32.8 Å². The Morgan fingerprint density at radius 1 is 1.10 bits per heavy atom. The maximum Gasteiger partial charge on any atom is 0.305 e. The van der Waals surface area contributed by atoms with E-state index >= 15 is 0 Å². The minimum atomic E-state index is -0.00492. The van der Waals surface area contributed by atoms with Crippen LogP contribution in [0.3, 0.4) is 0 Å². The lowest BCUT2D eigenvalue weighted by molar-refractivity contribution is -0.144. The van der Waals surface area contributed by atoms with Gasteiger partial charge in [0, 0.05) is 31.6 Å².